The lowest BCUT2D eigenvalue weighted by atomic mass is 10.1. The number of hydrogen-bond acceptors (Lipinski definition) is 3. The van der Waals surface area contributed by atoms with Crippen LogP contribution in [0.4, 0.5) is 5.69 Å². The number of amides is 1. The van der Waals surface area contributed by atoms with E-state index in [0.717, 1.165) is 42.0 Å². The Morgan fingerprint density at radius 1 is 1.12 bits per heavy atom. The fourth-order valence-corrected chi connectivity index (χ4v) is 3.57. The molecule has 1 aliphatic rings. The van der Waals surface area contributed by atoms with Crippen LogP contribution in [0, 0.1) is 6.92 Å². The van der Waals surface area contributed by atoms with Gasteiger partial charge in [0.15, 0.2) is 0 Å². The van der Waals surface area contributed by atoms with Gasteiger partial charge >= 0.3 is 0 Å². The van der Waals surface area contributed by atoms with Crippen LogP contribution in [0.5, 0.6) is 5.75 Å². The topological polar surface area (TPSA) is 32.8 Å². The maximum absolute atomic E-state index is 12.5. The smallest absolute Gasteiger partial charge is 0.246 e. The third-order valence-corrected chi connectivity index (χ3v) is 5.14. The lowest BCUT2D eigenvalue weighted by Gasteiger charge is -2.36. The van der Waals surface area contributed by atoms with Gasteiger partial charge in [0.1, 0.15) is 5.75 Å². The van der Waals surface area contributed by atoms with Gasteiger partial charge in [0.05, 0.1) is 7.11 Å². The van der Waals surface area contributed by atoms with Crippen LogP contribution < -0.4 is 9.64 Å². The van der Waals surface area contributed by atoms with Crippen molar-refractivity contribution in [1.29, 1.82) is 0 Å². The largest absolute Gasteiger partial charge is 0.496 e. The van der Waals surface area contributed by atoms with E-state index >= 15 is 0 Å². The van der Waals surface area contributed by atoms with Crippen LogP contribution >= 0.6 is 15.9 Å². The van der Waals surface area contributed by atoms with Gasteiger partial charge in [-0.2, -0.15) is 0 Å². The van der Waals surface area contributed by atoms with Gasteiger partial charge in [-0.3, -0.25) is 4.79 Å². The van der Waals surface area contributed by atoms with E-state index in [9.17, 15) is 4.79 Å². The van der Waals surface area contributed by atoms with Gasteiger partial charge in [0, 0.05) is 48.0 Å². The highest BCUT2D eigenvalue weighted by Gasteiger charge is 2.20. The van der Waals surface area contributed by atoms with Crippen LogP contribution in [-0.4, -0.2) is 44.1 Å². The Balaban J connectivity index is 1.62. The number of benzene rings is 2. The average Bonchev–Trinajstić information content (AvgIpc) is 2.67. The van der Waals surface area contributed by atoms with Gasteiger partial charge < -0.3 is 14.5 Å². The predicted octanol–water partition coefficient (Wildman–Crippen LogP) is 4.13. The first kappa shape index (κ1) is 18.5. The number of ether oxygens (including phenoxy) is 1. The number of carbonyl (C=O) groups excluding carboxylic acids is 1. The second-order valence-corrected chi connectivity index (χ2v) is 7.23. The highest BCUT2D eigenvalue weighted by Crippen LogP contribution is 2.24. The van der Waals surface area contributed by atoms with E-state index in [1.165, 1.54) is 11.3 Å². The Bertz CT molecular complexity index is 811. The minimum absolute atomic E-state index is 0.0384. The molecule has 5 heteroatoms. The second kappa shape index (κ2) is 8.41. The zero-order chi connectivity index (χ0) is 18.5. The minimum atomic E-state index is 0.0384. The molecule has 0 aromatic heterocycles. The van der Waals surface area contributed by atoms with Crippen molar-refractivity contribution in [3.05, 3.63) is 64.1 Å². The number of nitrogens with zero attached hydrogens (tertiary/aromatic N) is 2. The van der Waals surface area contributed by atoms with Crippen molar-refractivity contribution in [2.45, 2.75) is 6.92 Å². The zero-order valence-corrected chi connectivity index (χ0v) is 16.7. The lowest BCUT2D eigenvalue weighted by molar-refractivity contribution is -0.126. The summed E-state index contributed by atoms with van der Waals surface area (Å²) in [6.45, 7) is 5.29. The first-order valence-electron chi connectivity index (χ1n) is 8.69. The van der Waals surface area contributed by atoms with Crippen molar-refractivity contribution in [3.63, 3.8) is 0 Å². The van der Waals surface area contributed by atoms with Crippen molar-refractivity contribution >= 4 is 33.6 Å². The Labute approximate surface area is 163 Å². The van der Waals surface area contributed by atoms with Gasteiger partial charge in [0.2, 0.25) is 5.91 Å². The number of piperazine rings is 1. The van der Waals surface area contributed by atoms with Gasteiger partial charge in [-0.15, -0.1) is 0 Å². The summed E-state index contributed by atoms with van der Waals surface area (Å²) in [5, 5.41) is 0. The van der Waals surface area contributed by atoms with Crippen molar-refractivity contribution in [2.75, 3.05) is 38.2 Å². The fourth-order valence-electron chi connectivity index (χ4n) is 3.19. The number of para-hydroxylation sites is 1. The summed E-state index contributed by atoms with van der Waals surface area (Å²) in [5.74, 6) is 0.790. The molecule has 1 saturated heterocycles. The molecule has 0 N–H and O–H groups in total. The van der Waals surface area contributed by atoms with Crippen LogP contribution in [0.15, 0.2) is 53.0 Å². The molecule has 0 bridgehead atoms. The van der Waals surface area contributed by atoms with Crippen molar-refractivity contribution in [3.8, 4) is 5.75 Å². The van der Waals surface area contributed by atoms with Gasteiger partial charge in [-0.05, 0) is 42.8 Å². The fraction of sp³-hybridized carbons (Fsp3) is 0.286. The zero-order valence-electron chi connectivity index (χ0n) is 15.1. The molecule has 1 heterocycles. The summed E-state index contributed by atoms with van der Waals surface area (Å²) in [5.41, 5.74) is 3.41. The Hall–Kier alpha value is -2.27. The van der Waals surface area contributed by atoms with Crippen molar-refractivity contribution in [1.82, 2.24) is 4.90 Å². The number of hydrogen-bond donors (Lipinski definition) is 0. The molecular formula is C21H23BrN2O2. The number of methoxy groups -OCH3 is 1. The molecule has 0 atom stereocenters. The third kappa shape index (κ3) is 4.28. The minimum Gasteiger partial charge on any atom is -0.496 e. The Morgan fingerprint density at radius 2 is 1.85 bits per heavy atom. The van der Waals surface area contributed by atoms with E-state index in [-0.39, 0.29) is 5.91 Å². The number of rotatable bonds is 4. The Kier molecular flexibility index (Phi) is 5.99. The summed E-state index contributed by atoms with van der Waals surface area (Å²) in [7, 11) is 1.63. The van der Waals surface area contributed by atoms with Crippen molar-refractivity contribution in [2.24, 2.45) is 0 Å². The molecule has 26 heavy (non-hydrogen) atoms. The standard InChI is InChI=1S/C21H23BrN2O2/c1-16-5-3-4-6-19(16)23-11-13-24(14-12-23)21(25)10-7-17-15-18(22)8-9-20(17)26-2/h3-10,15H,11-14H2,1-2H3/b10-7+. The number of aryl methyl sites for hydroxylation is 1. The summed E-state index contributed by atoms with van der Waals surface area (Å²) >= 11 is 3.45. The van der Waals surface area contributed by atoms with E-state index in [1.807, 2.05) is 29.2 Å². The number of carbonyl (C=O) groups is 1. The van der Waals surface area contributed by atoms with Crippen LogP contribution in [0.3, 0.4) is 0 Å². The molecule has 3 rings (SSSR count). The molecule has 0 radical (unpaired) electrons. The Morgan fingerprint density at radius 3 is 2.54 bits per heavy atom. The second-order valence-electron chi connectivity index (χ2n) is 6.32. The van der Waals surface area contributed by atoms with Crippen LogP contribution in [-0.2, 0) is 4.79 Å². The molecule has 0 aliphatic carbocycles. The molecule has 1 aliphatic heterocycles. The SMILES string of the molecule is COc1ccc(Br)cc1/C=C/C(=O)N1CCN(c2ccccc2C)CC1. The number of halogens is 1. The molecule has 2 aromatic carbocycles. The van der Waals surface area contributed by atoms with Gasteiger partial charge in [0.25, 0.3) is 0 Å². The summed E-state index contributed by atoms with van der Waals surface area (Å²) in [6, 6.07) is 14.1. The van der Waals surface area contributed by atoms with E-state index in [4.69, 9.17) is 4.74 Å². The maximum atomic E-state index is 12.5. The van der Waals surface area contributed by atoms with Gasteiger partial charge in [-0.1, -0.05) is 34.1 Å². The molecule has 2 aromatic rings. The first-order chi connectivity index (χ1) is 12.6. The monoisotopic (exact) mass is 414 g/mol. The molecule has 1 fully saturated rings. The van der Waals surface area contributed by atoms with Gasteiger partial charge in [-0.25, -0.2) is 0 Å². The van der Waals surface area contributed by atoms with Crippen LogP contribution in [0.1, 0.15) is 11.1 Å². The molecule has 0 saturated carbocycles. The summed E-state index contributed by atoms with van der Waals surface area (Å²) in [6.07, 6.45) is 3.45. The van der Waals surface area contributed by atoms with Crippen LogP contribution in [0.2, 0.25) is 0 Å². The predicted molar refractivity (Wildman–Crippen MR) is 110 cm³/mol. The molecular weight excluding hydrogens is 392 g/mol. The van der Waals surface area contributed by atoms with Crippen molar-refractivity contribution < 1.29 is 9.53 Å². The van der Waals surface area contributed by atoms with E-state index < -0.39 is 0 Å². The quantitative estimate of drug-likeness (QED) is 0.705. The molecule has 1 amide bonds. The average molecular weight is 415 g/mol. The van der Waals surface area contributed by atoms with E-state index in [2.05, 4.69) is 52.0 Å². The number of anilines is 1. The highest BCUT2D eigenvalue weighted by atomic mass is 79.9. The van der Waals surface area contributed by atoms with Crippen LogP contribution in [0.25, 0.3) is 6.08 Å². The molecule has 0 spiro atoms. The normalized spacial score (nSPS) is 14.7. The first-order valence-corrected chi connectivity index (χ1v) is 9.49. The molecule has 136 valence electrons. The lowest BCUT2D eigenvalue weighted by Crippen LogP contribution is -2.48. The summed E-state index contributed by atoms with van der Waals surface area (Å²) in [4.78, 5) is 16.8. The van der Waals surface area contributed by atoms with E-state index in [0.29, 0.717) is 0 Å². The molecule has 0 unspecified atom stereocenters. The third-order valence-electron chi connectivity index (χ3n) is 4.64. The highest BCUT2D eigenvalue weighted by molar-refractivity contribution is 9.10. The van der Waals surface area contributed by atoms with E-state index in [1.54, 1.807) is 13.2 Å². The maximum Gasteiger partial charge on any atom is 0.246 e. The molecule has 4 nitrogen and oxygen atoms in total. The summed E-state index contributed by atoms with van der Waals surface area (Å²) < 4.78 is 6.30.